The molecule has 2 aromatic rings. The Morgan fingerprint density at radius 1 is 0.816 bits per heavy atom. The number of anilines is 1. The van der Waals surface area contributed by atoms with E-state index >= 15 is 0 Å². The van der Waals surface area contributed by atoms with Crippen LogP contribution < -0.4 is 21.7 Å². The minimum Gasteiger partial charge on any atom is -0.508 e. The highest BCUT2D eigenvalue weighted by Gasteiger charge is 2.55. The van der Waals surface area contributed by atoms with Crippen molar-refractivity contribution in [2.75, 3.05) is 25.2 Å². The van der Waals surface area contributed by atoms with Crippen LogP contribution in [0.15, 0.2) is 36.4 Å². The molecular formula is C39H52N4O6. The Morgan fingerprint density at radius 2 is 1.37 bits per heavy atom. The number of phenols is 1. The molecule has 0 saturated heterocycles. The first-order chi connectivity index (χ1) is 23.4. The molecule has 2 saturated carbocycles. The van der Waals surface area contributed by atoms with E-state index < -0.39 is 10.8 Å². The highest BCUT2D eigenvalue weighted by atomic mass is 16.5. The number of nitrogens with two attached hydrogens (primary N) is 1. The Labute approximate surface area is 289 Å². The predicted molar refractivity (Wildman–Crippen MR) is 186 cm³/mol. The second kappa shape index (κ2) is 13.9. The second-order valence-electron chi connectivity index (χ2n) is 15.6. The van der Waals surface area contributed by atoms with Crippen molar-refractivity contribution in [3.63, 3.8) is 0 Å². The van der Waals surface area contributed by atoms with Gasteiger partial charge in [-0.25, -0.2) is 0 Å². The first-order valence-electron chi connectivity index (χ1n) is 18.0. The maximum atomic E-state index is 14.4. The fourth-order valence-electron chi connectivity index (χ4n) is 9.86. The molecule has 0 heterocycles. The molecule has 4 aliphatic rings. The lowest BCUT2D eigenvalue weighted by Gasteiger charge is -2.52. The summed E-state index contributed by atoms with van der Waals surface area (Å²) in [5, 5.41) is 18.7. The molecule has 4 aliphatic carbocycles. The standard InChI is InChI=1S/C39H52N4O6/c1-22-13-15-38(3,30-11-7-24-5-9-26(17-28(24)34(22)30)42-33(46)20-49-21-41-32(45)19-40)36(47)43-37(48)39(4)16-14-23(2)35-29-18-27(44)10-6-25(29)8-12-31(35)39/h5-6,9-10,17-18,22-23,30-31,34-35,44H,7-8,11-16,19-21,40H2,1-4H3,(H,41,45)(H,42,46)(H,43,47,48)/t22-,23-,30+,31+,34+,35+,38-,39-/m0/s1. The largest absolute Gasteiger partial charge is 0.508 e. The van der Waals surface area contributed by atoms with E-state index in [0.717, 1.165) is 56.1 Å². The molecule has 0 unspecified atom stereocenters. The van der Waals surface area contributed by atoms with Gasteiger partial charge in [-0.2, -0.15) is 0 Å². The highest BCUT2D eigenvalue weighted by Crippen LogP contribution is 2.58. The predicted octanol–water partition coefficient (Wildman–Crippen LogP) is 4.89. The van der Waals surface area contributed by atoms with Gasteiger partial charge in [-0.3, -0.25) is 24.5 Å². The SMILES string of the molecule is C[C@H]1CC[C@](C)(C(=O)NC(=O)[C@@]2(C)CC[C@H](C)[C@@H]3c4cc(NC(=O)COCNC(=O)CN)ccc4CC[C@H]32)[C@@H]2CCc3ccc(O)cc3[C@H]21. The smallest absolute Gasteiger partial charge is 0.250 e. The normalized spacial score (nSPS) is 31.6. The van der Waals surface area contributed by atoms with Crippen LogP contribution in [0.4, 0.5) is 5.69 Å². The van der Waals surface area contributed by atoms with Crippen LogP contribution in [0.3, 0.4) is 0 Å². The number of fused-ring (bicyclic) bond motifs is 6. The van der Waals surface area contributed by atoms with E-state index in [0.29, 0.717) is 23.9 Å². The van der Waals surface area contributed by atoms with Crippen LogP contribution >= 0.6 is 0 Å². The summed E-state index contributed by atoms with van der Waals surface area (Å²) in [7, 11) is 0. The van der Waals surface area contributed by atoms with Crippen molar-refractivity contribution in [1.82, 2.24) is 10.6 Å². The molecule has 8 atom stereocenters. The first kappa shape index (κ1) is 35.1. The van der Waals surface area contributed by atoms with Crippen LogP contribution in [-0.2, 0) is 36.8 Å². The molecule has 49 heavy (non-hydrogen) atoms. The summed E-state index contributed by atoms with van der Waals surface area (Å²) in [6.07, 6.45) is 6.62. The summed E-state index contributed by atoms with van der Waals surface area (Å²) in [5.74, 6) is 0.369. The molecule has 4 amide bonds. The monoisotopic (exact) mass is 672 g/mol. The number of amides is 4. The molecule has 6 N–H and O–H groups in total. The first-order valence-corrected chi connectivity index (χ1v) is 18.0. The van der Waals surface area contributed by atoms with Gasteiger partial charge in [-0.1, -0.05) is 39.8 Å². The van der Waals surface area contributed by atoms with Crippen LogP contribution in [0.25, 0.3) is 0 Å². The molecule has 2 aromatic carbocycles. The molecule has 0 bridgehead atoms. The molecule has 2 fully saturated rings. The van der Waals surface area contributed by atoms with Gasteiger partial charge in [0, 0.05) is 5.69 Å². The summed E-state index contributed by atoms with van der Waals surface area (Å²) in [6.45, 7) is 8.12. The molecule has 0 spiro atoms. The average Bonchev–Trinajstić information content (AvgIpc) is 3.09. The number of benzene rings is 2. The molecule has 10 nitrogen and oxygen atoms in total. The number of imide groups is 1. The van der Waals surface area contributed by atoms with Crippen molar-refractivity contribution < 1.29 is 29.0 Å². The van der Waals surface area contributed by atoms with E-state index in [-0.39, 0.29) is 72.9 Å². The molecule has 6 rings (SSSR count). The number of rotatable bonds is 8. The summed E-state index contributed by atoms with van der Waals surface area (Å²) >= 11 is 0. The summed E-state index contributed by atoms with van der Waals surface area (Å²) in [4.78, 5) is 52.6. The second-order valence-corrected chi connectivity index (χ2v) is 15.6. The van der Waals surface area contributed by atoms with Gasteiger partial charge in [0.1, 0.15) is 19.1 Å². The third-order valence-corrected chi connectivity index (χ3v) is 12.7. The van der Waals surface area contributed by atoms with Crippen LogP contribution in [-0.4, -0.2) is 48.6 Å². The molecule has 264 valence electrons. The zero-order valence-electron chi connectivity index (χ0n) is 29.3. The van der Waals surface area contributed by atoms with Gasteiger partial charge >= 0.3 is 0 Å². The number of hydrogen-bond acceptors (Lipinski definition) is 7. The lowest BCUT2D eigenvalue weighted by atomic mass is 9.52. The van der Waals surface area contributed by atoms with E-state index in [4.69, 9.17) is 10.5 Å². The van der Waals surface area contributed by atoms with Gasteiger partial charge in [-0.15, -0.1) is 0 Å². The van der Waals surface area contributed by atoms with E-state index in [1.165, 1.54) is 11.1 Å². The van der Waals surface area contributed by atoms with Gasteiger partial charge in [0.2, 0.25) is 23.6 Å². The van der Waals surface area contributed by atoms with E-state index in [1.807, 2.05) is 31.2 Å². The number of carbonyl (C=O) groups is 4. The van der Waals surface area contributed by atoms with Gasteiger partial charge in [0.05, 0.1) is 17.4 Å². The Morgan fingerprint density at radius 3 is 1.94 bits per heavy atom. The van der Waals surface area contributed by atoms with E-state index in [2.05, 4.69) is 42.8 Å². The maximum Gasteiger partial charge on any atom is 0.250 e. The van der Waals surface area contributed by atoms with Crippen molar-refractivity contribution in [1.29, 1.82) is 0 Å². The number of hydrogen-bond donors (Lipinski definition) is 5. The van der Waals surface area contributed by atoms with Gasteiger partial charge in [0.25, 0.3) is 0 Å². The molecule has 10 heteroatoms. The average molecular weight is 673 g/mol. The number of aromatic hydroxyl groups is 1. The zero-order chi connectivity index (χ0) is 35.1. The van der Waals surface area contributed by atoms with Crippen LogP contribution in [0, 0.1) is 34.5 Å². The zero-order valence-corrected chi connectivity index (χ0v) is 29.3. The third kappa shape index (κ3) is 6.61. The third-order valence-electron chi connectivity index (χ3n) is 12.7. The summed E-state index contributed by atoms with van der Waals surface area (Å²) in [6, 6.07) is 11.7. The number of ether oxygens (including phenoxy) is 1. The lowest BCUT2D eigenvalue weighted by Crippen LogP contribution is -2.57. The maximum absolute atomic E-state index is 14.4. The summed E-state index contributed by atoms with van der Waals surface area (Å²) in [5.41, 5.74) is 9.33. The topological polar surface area (TPSA) is 160 Å². The van der Waals surface area contributed by atoms with Crippen molar-refractivity contribution in [3.05, 3.63) is 58.7 Å². The molecular weight excluding hydrogens is 620 g/mol. The van der Waals surface area contributed by atoms with Gasteiger partial charge in [0.15, 0.2) is 0 Å². The highest BCUT2D eigenvalue weighted by molar-refractivity contribution is 6.00. The van der Waals surface area contributed by atoms with E-state index in [1.54, 1.807) is 6.07 Å². The number of nitrogens with one attached hydrogen (secondary N) is 3. The van der Waals surface area contributed by atoms with Crippen molar-refractivity contribution >= 4 is 29.3 Å². The van der Waals surface area contributed by atoms with Gasteiger partial charge in [-0.05, 0) is 133 Å². The van der Waals surface area contributed by atoms with Crippen LogP contribution in [0.2, 0.25) is 0 Å². The fraction of sp³-hybridized carbons (Fsp3) is 0.590. The Kier molecular flexibility index (Phi) is 9.93. The molecule has 0 aliphatic heterocycles. The lowest BCUT2D eigenvalue weighted by molar-refractivity contribution is -0.149. The van der Waals surface area contributed by atoms with Crippen molar-refractivity contribution in [2.24, 2.45) is 40.2 Å². The molecule has 0 radical (unpaired) electrons. The molecule has 0 aromatic heterocycles. The quantitative estimate of drug-likeness (QED) is 0.152. The number of carbonyl (C=O) groups excluding carboxylic acids is 4. The summed E-state index contributed by atoms with van der Waals surface area (Å²) < 4.78 is 5.27. The van der Waals surface area contributed by atoms with Crippen LogP contribution in [0.1, 0.15) is 100 Å². The minimum atomic E-state index is -0.714. The number of aryl methyl sites for hydroxylation is 2. The Balaban J connectivity index is 1.17. The Hall–Kier alpha value is -3.76. The van der Waals surface area contributed by atoms with E-state index in [9.17, 15) is 24.3 Å². The minimum absolute atomic E-state index is 0.0495. The van der Waals surface area contributed by atoms with Crippen molar-refractivity contribution in [3.8, 4) is 5.75 Å². The van der Waals surface area contributed by atoms with Gasteiger partial charge < -0.3 is 26.2 Å². The van der Waals surface area contributed by atoms with Crippen molar-refractivity contribution in [2.45, 2.75) is 90.9 Å². The fourth-order valence-corrected chi connectivity index (χ4v) is 9.86. The van der Waals surface area contributed by atoms with Crippen LogP contribution in [0.5, 0.6) is 5.75 Å². The Bertz CT molecular complexity index is 1630. The number of phenolic OH excluding ortho intramolecular Hbond substituents is 1.